The summed E-state index contributed by atoms with van der Waals surface area (Å²) in [7, 11) is 0. The van der Waals surface area contributed by atoms with Crippen molar-refractivity contribution in [3.63, 3.8) is 0 Å². The molecule has 1 aliphatic rings. The van der Waals surface area contributed by atoms with Crippen LogP contribution in [-0.4, -0.2) is 30.6 Å². The molecule has 1 fully saturated rings. The van der Waals surface area contributed by atoms with Gasteiger partial charge in [-0.3, -0.25) is 4.79 Å². The Hall–Kier alpha value is -1.40. The molecule has 1 saturated heterocycles. The van der Waals surface area contributed by atoms with Gasteiger partial charge in [0.05, 0.1) is 17.7 Å². The molecule has 0 spiro atoms. The normalized spacial score (nSPS) is 18.3. The maximum absolute atomic E-state index is 12.3. The van der Waals surface area contributed by atoms with Crippen molar-refractivity contribution in [2.24, 2.45) is 11.1 Å². The van der Waals surface area contributed by atoms with E-state index < -0.39 is 5.41 Å². The molecule has 0 unspecified atom stereocenters. The SMILES string of the molecule is Cc1nc(CNC(=O)C2(CN)CCOCC2)oc1C. The summed E-state index contributed by atoms with van der Waals surface area (Å²) in [5.74, 6) is 1.28. The Labute approximate surface area is 112 Å². The van der Waals surface area contributed by atoms with Gasteiger partial charge in [-0.1, -0.05) is 0 Å². The van der Waals surface area contributed by atoms with Crippen LogP contribution < -0.4 is 11.1 Å². The molecular formula is C13H21N3O3. The Balaban J connectivity index is 1.96. The van der Waals surface area contributed by atoms with Crippen molar-refractivity contribution in [3.05, 3.63) is 17.3 Å². The molecule has 1 aromatic heterocycles. The Morgan fingerprint density at radius 2 is 2.11 bits per heavy atom. The smallest absolute Gasteiger partial charge is 0.228 e. The third kappa shape index (κ3) is 2.96. The molecule has 1 amide bonds. The third-order valence-electron chi connectivity index (χ3n) is 3.80. The lowest BCUT2D eigenvalue weighted by atomic mass is 9.79. The van der Waals surface area contributed by atoms with Gasteiger partial charge in [-0.15, -0.1) is 0 Å². The van der Waals surface area contributed by atoms with Gasteiger partial charge in [0, 0.05) is 19.8 Å². The fourth-order valence-electron chi connectivity index (χ4n) is 2.24. The Bertz CT molecular complexity index is 430. The van der Waals surface area contributed by atoms with E-state index in [1.54, 1.807) is 0 Å². The summed E-state index contributed by atoms with van der Waals surface area (Å²) in [5, 5.41) is 2.87. The van der Waals surface area contributed by atoms with E-state index in [0.717, 1.165) is 11.5 Å². The van der Waals surface area contributed by atoms with Gasteiger partial charge in [0.1, 0.15) is 5.76 Å². The number of aromatic nitrogens is 1. The van der Waals surface area contributed by atoms with Gasteiger partial charge in [0.2, 0.25) is 11.8 Å². The monoisotopic (exact) mass is 267 g/mol. The van der Waals surface area contributed by atoms with Crippen LogP contribution in [0.3, 0.4) is 0 Å². The minimum absolute atomic E-state index is 0.0354. The molecular weight excluding hydrogens is 246 g/mol. The van der Waals surface area contributed by atoms with E-state index in [9.17, 15) is 4.79 Å². The predicted molar refractivity (Wildman–Crippen MR) is 69.4 cm³/mol. The highest BCUT2D eigenvalue weighted by molar-refractivity contribution is 5.82. The molecule has 106 valence electrons. The summed E-state index contributed by atoms with van der Waals surface area (Å²) in [6, 6.07) is 0. The summed E-state index contributed by atoms with van der Waals surface area (Å²) < 4.78 is 10.7. The average molecular weight is 267 g/mol. The number of nitrogens with one attached hydrogen (secondary N) is 1. The van der Waals surface area contributed by atoms with Gasteiger partial charge in [-0.2, -0.15) is 0 Å². The Morgan fingerprint density at radius 1 is 1.42 bits per heavy atom. The van der Waals surface area contributed by atoms with Crippen molar-refractivity contribution in [2.45, 2.75) is 33.2 Å². The van der Waals surface area contributed by atoms with Crippen LogP contribution in [-0.2, 0) is 16.1 Å². The first kappa shape index (κ1) is 14.0. The van der Waals surface area contributed by atoms with Crippen LogP contribution in [0.15, 0.2) is 4.42 Å². The number of aryl methyl sites for hydroxylation is 2. The maximum atomic E-state index is 12.3. The molecule has 6 nitrogen and oxygen atoms in total. The molecule has 6 heteroatoms. The average Bonchev–Trinajstić information content (AvgIpc) is 2.76. The predicted octanol–water partition coefficient (Wildman–Crippen LogP) is 0.663. The number of carbonyl (C=O) groups excluding carboxylic acids is 1. The zero-order valence-electron chi connectivity index (χ0n) is 11.5. The number of ether oxygens (including phenoxy) is 1. The van der Waals surface area contributed by atoms with Crippen LogP contribution in [0.4, 0.5) is 0 Å². The minimum atomic E-state index is -0.505. The van der Waals surface area contributed by atoms with Crippen LogP contribution in [0.1, 0.15) is 30.2 Å². The number of nitrogens with two attached hydrogens (primary N) is 1. The molecule has 0 aromatic carbocycles. The summed E-state index contributed by atoms with van der Waals surface area (Å²) >= 11 is 0. The van der Waals surface area contributed by atoms with E-state index in [4.69, 9.17) is 14.9 Å². The molecule has 0 aliphatic carbocycles. The highest BCUT2D eigenvalue weighted by Crippen LogP contribution is 2.29. The molecule has 3 N–H and O–H groups in total. The summed E-state index contributed by atoms with van der Waals surface area (Å²) in [6.07, 6.45) is 1.33. The molecule has 0 saturated carbocycles. The fraction of sp³-hybridized carbons (Fsp3) is 0.692. The van der Waals surface area contributed by atoms with E-state index in [-0.39, 0.29) is 5.91 Å². The van der Waals surface area contributed by atoms with Gasteiger partial charge in [-0.05, 0) is 26.7 Å². The second-order valence-corrected chi connectivity index (χ2v) is 5.03. The fourth-order valence-corrected chi connectivity index (χ4v) is 2.24. The van der Waals surface area contributed by atoms with Crippen molar-refractivity contribution in [2.75, 3.05) is 19.8 Å². The quantitative estimate of drug-likeness (QED) is 0.836. The number of amides is 1. The van der Waals surface area contributed by atoms with E-state index >= 15 is 0 Å². The van der Waals surface area contributed by atoms with Crippen molar-refractivity contribution in [1.29, 1.82) is 0 Å². The number of hydrogen-bond acceptors (Lipinski definition) is 5. The van der Waals surface area contributed by atoms with Gasteiger partial charge in [0.25, 0.3) is 0 Å². The zero-order valence-corrected chi connectivity index (χ0v) is 11.5. The molecule has 1 aromatic rings. The number of oxazole rings is 1. The number of nitrogens with zero attached hydrogens (tertiary/aromatic N) is 1. The molecule has 0 bridgehead atoms. The van der Waals surface area contributed by atoms with Crippen LogP contribution >= 0.6 is 0 Å². The van der Waals surface area contributed by atoms with E-state index in [1.165, 1.54) is 0 Å². The van der Waals surface area contributed by atoms with Crippen molar-refractivity contribution >= 4 is 5.91 Å². The van der Waals surface area contributed by atoms with Gasteiger partial charge in [-0.25, -0.2) is 4.98 Å². The van der Waals surface area contributed by atoms with Crippen LogP contribution in [0.2, 0.25) is 0 Å². The highest BCUT2D eigenvalue weighted by atomic mass is 16.5. The number of hydrogen-bond donors (Lipinski definition) is 2. The second kappa shape index (κ2) is 5.71. The van der Waals surface area contributed by atoms with Gasteiger partial charge in [0.15, 0.2) is 0 Å². The number of carbonyl (C=O) groups is 1. The Morgan fingerprint density at radius 3 is 2.63 bits per heavy atom. The largest absolute Gasteiger partial charge is 0.444 e. The zero-order chi connectivity index (χ0) is 13.9. The van der Waals surface area contributed by atoms with Crippen LogP contribution in [0.5, 0.6) is 0 Å². The first-order chi connectivity index (χ1) is 9.07. The molecule has 19 heavy (non-hydrogen) atoms. The molecule has 2 heterocycles. The summed E-state index contributed by atoms with van der Waals surface area (Å²) in [4.78, 5) is 16.5. The first-order valence-corrected chi connectivity index (χ1v) is 6.56. The van der Waals surface area contributed by atoms with Crippen LogP contribution in [0.25, 0.3) is 0 Å². The Kier molecular flexibility index (Phi) is 4.21. The van der Waals surface area contributed by atoms with E-state index in [2.05, 4.69) is 10.3 Å². The number of rotatable bonds is 4. The minimum Gasteiger partial charge on any atom is -0.444 e. The topological polar surface area (TPSA) is 90.4 Å². The summed E-state index contributed by atoms with van der Waals surface area (Å²) in [6.45, 7) is 5.54. The lowest BCUT2D eigenvalue weighted by molar-refractivity contribution is -0.136. The van der Waals surface area contributed by atoms with Gasteiger partial charge >= 0.3 is 0 Å². The highest BCUT2D eigenvalue weighted by Gasteiger charge is 2.38. The van der Waals surface area contributed by atoms with Gasteiger partial charge < -0.3 is 20.2 Å². The third-order valence-corrected chi connectivity index (χ3v) is 3.80. The summed E-state index contributed by atoms with van der Waals surface area (Å²) in [5.41, 5.74) is 6.13. The van der Waals surface area contributed by atoms with Crippen molar-refractivity contribution in [3.8, 4) is 0 Å². The molecule has 0 radical (unpaired) electrons. The molecule has 2 rings (SSSR count). The van der Waals surface area contributed by atoms with Crippen molar-refractivity contribution < 1.29 is 13.9 Å². The van der Waals surface area contributed by atoms with Crippen LogP contribution in [0, 0.1) is 19.3 Å². The second-order valence-electron chi connectivity index (χ2n) is 5.03. The lowest BCUT2D eigenvalue weighted by Crippen LogP contribution is -2.49. The lowest BCUT2D eigenvalue weighted by Gasteiger charge is -2.34. The van der Waals surface area contributed by atoms with Crippen molar-refractivity contribution in [1.82, 2.24) is 10.3 Å². The van der Waals surface area contributed by atoms with E-state index in [1.807, 2.05) is 13.8 Å². The van der Waals surface area contributed by atoms with E-state index in [0.29, 0.717) is 45.0 Å². The maximum Gasteiger partial charge on any atom is 0.228 e. The first-order valence-electron chi connectivity index (χ1n) is 6.56. The standard InChI is InChI=1S/C13H21N3O3/c1-9-10(2)19-11(16-9)7-15-12(17)13(8-14)3-5-18-6-4-13/h3-8,14H2,1-2H3,(H,15,17). The molecule has 1 aliphatic heterocycles. The molecule has 0 atom stereocenters.